The molecule has 1 aromatic heterocycles. The van der Waals surface area contributed by atoms with E-state index in [0.29, 0.717) is 13.1 Å². The summed E-state index contributed by atoms with van der Waals surface area (Å²) in [7, 11) is -3.51. The second-order valence-electron chi connectivity index (χ2n) is 5.65. The molecule has 0 aliphatic heterocycles. The Kier molecular flexibility index (Phi) is 6.27. The van der Waals surface area contributed by atoms with Crippen molar-refractivity contribution in [2.75, 3.05) is 18.4 Å². The summed E-state index contributed by atoms with van der Waals surface area (Å²) in [6, 6.07) is 9.09. The monoisotopic (exact) mass is 378 g/mol. The minimum absolute atomic E-state index is 0.111. The zero-order chi connectivity index (χ0) is 19.3. The summed E-state index contributed by atoms with van der Waals surface area (Å²) < 4.78 is 26.4. The molecule has 0 saturated carbocycles. The molecule has 140 valence electrons. The first-order chi connectivity index (χ1) is 12.3. The van der Waals surface area contributed by atoms with Crippen molar-refractivity contribution < 1.29 is 13.3 Å². The average Bonchev–Trinajstić information content (AvgIpc) is 2.63. The van der Waals surface area contributed by atoms with Crippen LogP contribution in [-0.4, -0.2) is 35.7 Å². The van der Waals surface area contributed by atoms with Crippen LogP contribution in [0.4, 0.5) is 11.5 Å². The Balaban J connectivity index is 2.22. The number of anilines is 1. The first-order valence-corrected chi connectivity index (χ1v) is 9.71. The van der Waals surface area contributed by atoms with Crippen molar-refractivity contribution in [2.24, 2.45) is 0 Å². The molecule has 0 aliphatic rings. The van der Waals surface area contributed by atoms with E-state index in [-0.39, 0.29) is 22.4 Å². The number of pyridine rings is 1. The molecule has 26 heavy (non-hydrogen) atoms. The van der Waals surface area contributed by atoms with Crippen LogP contribution in [0.2, 0.25) is 0 Å². The second kappa shape index (κ2) is 8.24. The molecule has 0 fully saturated rings. The van der Waals surface area contributed by atoms with Gasteiger partial charge in [-0.2, -0.15) is 4.31 Å². The lowest BCUT2D eigenvalue weighted by atomic mass is 10.1. The Morgan fingerprint density at radius 1 is 1.19 bits per heavy atom. The summed E-state index contributed by atoms with van der Waals surface area (Å²) in [6.07, 6.45) is 1.47. The van der Waals surface area contributed by atoms with E-state index in [4.69, 9.17) is 0 Å². The zero-order valence-corrected chi connectivity index (χ0v) is 15.7. The molecule has 1 heterocycles. The van der Waals surface area contributed by atoms with Crippen LogP contribution in [0.15, 0.2) is 47.5 Å². The number of sulfonamides is 1. The molecule has 0 spiro atoms. The molecule has 0 aliphatic carbocycles. The summed E-state index contributed by atoms with van der Waals surface area (Å²) in [5.74, 6) is 0.171. The van der Waals surface area contributed by atoms with Crippen LogP contribution >= 0.6 is 0 Å². The standard InChI is InChI=1S/C17H22N4O4S/c1-4-20(5-2)26(24,25)15-10-8-14(9-11-15)13(3)19-17-16(21(22)23)7-6-12-18-17/h6-13H,4-5H2,1-3H3,(H,18,19)/t13-/m1/s1. The molecule has 0 unspecified atom stereocenters. The highest BCUT2D eigenvalue weighted by molar-refractivity contribution is 7.89. The Bertz CT molecular complexity index is 865. The van der Waals surface area contributed by atoms with Crippen LogP contribution in [0, 0.1) is 10.1 Å². The average molecular weight is 378 g/mol. The molecule has 0 amide bonds. The Morgan fingerprint density at radius 2 is 1.81 bits per heavy atom. The van der Waals surface area contributed by atoms with Gasteiger partial charge >= 0.3 is 5.69 Å². The lowest BCUT2D eigenvalue weighted by Crippen LogP contribution is -2.30. The van der Waals surface area contributed by atoms with Crippen LogP contribution in [0.3, 0.4) is 0 Å². The first-order valence-electron chi connectivity index (χ1n) is 8.27. The van der Waals surface area contributed by atoms with Crippen molar-refractivity contribution in [1.82, 2.24) is 9.29 Å². The molecular weight excluding hydrogens is 356 g/mol. The smallest absolute Gasteiger partial charge is 0.311 e. The van der Waals surface area contributed by atoms with Gasteiger partial charge in [0.2, 0.25) is 15.8 Å². The lowest BCUT2D eigenvalue weighted by molar-refractivity contribution is -0.384. The highest BCUT2D eigenvalue weighted by Crippen LogP contribution is 2.26. The Labute approximate surface area is 153 Å². The van der Waals surface area contributed by atoms with Gasteiger partial charge in [0.25, 0.3) is 0 Å². The van der Waals surface area contributed by atoms with Crippen LogP contribution in [0.1, 0.15) is 32.4 Å². The number of hydrogen-bond donors (Lipinski definition) is 1. The van der Waals surface area contributed by atoms with E-state index in [1.165, 1.54) is 22.6 Å². The summed E-state index contributed by atoms with van der Waals surface area (Å²) >= 11 is 0. The number of nitro groups is 1. The summed E-state index contributed by atoms with van der Waals surface area (Å²) in [5, 5.41) is 14.1. The van der Waals surface area contributed by atoms with E-state index in [1.54, 1.807) is 38.1 Å². The third kappa shape index (κ3) is 4.17. The predicted octanol–water partition coefficient (Wildman–Crippen LogP) is 3.19. The highest BCUT2D eigenvalue weighted by Gasteiger charge is 2.22. The normalized spacial score (nSPS) is 12.8. The molecule has 2 rings (SSSR count). The van der Waals surface area contributed by atoms with E-state index >= 15 is 0 Å². The number of rotatable bonds is 8. The van der Waals surface area contributed by atoms with Crippen molar-refractivity contribution in [2.45, 2.75) is 31.7 Å². The lowest BCUT2D eigenvalue weighted by Gasteiger charge is -2.19. The van der Waals surface area contributed by atoms with Crippen molar-refractivity contribution in [1.29, 1.82) is 0 Å². The summed E-state index contributed by atoms with van der Waals surface area (Å²) in [6.45, 7) is 6.22. The van der Waals surface area contributed by atoms with Gasteiger partial charge in [-0.3, -0.25) is 10.1 Å². The number of benzene rings is 1. The van der Waals surface area contributed by atoms with Crippen LogP contribution in [0.5, 0.6) is 0 Å². The molecule has 1 N–H and O–H groups in total. The highest BCUT2D eigenvalue weighted by atomic mass is 32.2. The van der Waals surface area contributed by atoms with Gasteiger partial charge in [-0.15, -0.1) is 0 Å². The predicted molar refractivity (Wildman–Crippen MR) is 99.5 cm³/mol. The maximum atomic E-state index is 12.5. The number of nitrogens with zero attached hydrogens (tertiary/aromatic N) is 3. The number of nitrogens with one attached hydrogen (secondary N) is 1. The van der Waals surface area contributed by atoms with Gasteiger partial charge in [0, 0.05) is 25.4 Å². The number of hydrogen-bond acceptors (Lipinski definition) is 6. The minimum Gasteiger partial charge on any atom is -0.358 e. The van der Waals surface area contributed by atoms with E-state index in [0.717, 1.165) is 5.56 Å². The van der Waals surface area contributed by atoms with Crippen molar-refractivity contribution in [3.63, 3.8) is 0 Å². The van der Waals surface area contributed by atoms with E-state index in [1.807, 2.05) is 6.92 Å². The molecule has 2 aromatic rings. The van der Waals surface area contributed by atoms with Gasteiger partial charge in [0.05, 0.1) is 15.9 Å². The van der Waals surface area contributed by atoms with E-state index < -0.39 is 14.9 Å². The molecule has 0 bridgehead atoms. The van der Waals surface area contributed by atoms with Crippen molar-refractivity contribution in [3.05, 3.63) is 58.3 Å². The van der Waals surface area contributed by atoms with Crippen molar-refractivity contribution in [3.8, 4) is 0 Å². The van der Waals surface area contributed by atoms with Gasteiger partial charge in [0.1, 0.15) is 0 Å². The summed E-state index contributed by atoms with van der Waals surface area (Å²) in [5.41, 5.74) is 0.684. The third-order valence-electron chi connectivity index (χ3n) is 4.06. The maximum absolute atomic E-state index is 12.5. The minimum atomic E-state index is -3.51. The fraction of sp³-hybridized carbons (Fsp3) is 0.353. The topological polar surface area (TPSA) is 105 Å². The van der Waals surface area contributed by atoms with E-state index in [2.05, 4.69) is 10.3 Å². The molecule has 0 saturated heterocycles. The number of aromatic nitrogens is 1. The molecule has 9 heteroatoms. The van der Waals surface area contributed by atoms with Gasteiger partial charge in [-0.05, 0) is 30.7 Å². The first kappa shape index (κ1) is 19.8. The maximum Gasteiger partial charge on any atom is 0.311 e. The Hall–Kier alpha value is -2.52. The van der Waals surface area contributed by atoms with Crippen LogP contribution in [-0.2, 0) is 10.0 Å². The summed E-state index contributed by atoms with van der Waals surface area (Å²) in [4.78, 5) is 14.8. The SMILES string of the molecule is CCN(CC)S(=O)(=O)c1ccc([C@@H](C)Nc2ncccc2[N+](=O)[O-])cc1. The molecule has 0 radical (unpaired) electrons. The van der Waals surface area contributed by atoms with Crippen LogP contribution in [0.25, 0.3) is 0 Å². The van der Waals surface area contributed by atoms with Gasteiger partial charge in [0.15, 0.2) is 0 Å². The van der Waals surface area contributed by atoms with Gasteiger partial charge in [-0.1, -0.05) is 26.0 Å². The third-order valence-corrected chi connectivity index (χ3v) is 6.12. The zero-order valence-electron chi connectivity index (χ0n) is 14.9. The molecular formula is C17H22N4O4S. The second-order valence-corrected chi connectivity index (χ2v) is 7.59. The molecule has 1 atom stereocenters. The molecule has 8 nitrogen and oxygen atoms in total. The largest absolute Gasteiger partial charge is 0.358 e. The fourth-order valence-electron chi connectivity index (χ4n) is 2.58. The van der Waals surface area contributed by atoms with Gasteiger partial charge < -0.3 is 5.32 Å². The van der Waals surface area contributed by atoms with Crippen molar-refractivity contribution >= 4 is 21.5 Å². The van der Waals surface area contributed by atoms with E-state index in [9.17, 15) is 18.5 Å². The quantitative estimate of drug-likeness (QED) is 0.558. The molecule has 1 aromatic carbocycles. The fourth-order valence-corrected chi connectivity index (χ4v) is 4.04. The van der Waals surface area contributed by atoms with Crippen LogP contribution < -0.4 is 5.32 Å². The van der Waals surface area contributed by atoms with Gasteiger partial charge in [-0.25, -0.2) is 13.4 Å². The Morgan fingerprint density at radius 3 is 2.35 bits per heavy atom.